The summed E-state index contributed by atoms with van der Waals surface area (Å²) < 4.78 is 8.02. The summed E-state index contributed by atoms with van der Waals surface area (Å²) in [5, 5.41) is 2.26. The van der Waals surface area contributed by atoms with Gasteiger partial charge in [0.25, 0.3) is 0 Å². The van der Waals surface area contributed by atoms with Crippen molar-refractivity contribution >= 4 is 21.9 Å². The normalized spacial score (nSPS) is 11.3. The molecule has 0 saturated carbocycles. The second-order valence-corrected chi connectivity index (χ2v) is 5.77. The molecule has 3 heteroatoms. The van der Waals surface area contributed by atoms with Gasteiger partial charge in [-0.2, -0.15) is 0 Å². The van der Waals surface area contributed by atoms with E-state index in [1.165, 1.54) is 0 Å². The summed E-state index contributed by atoms with van der Waals surface area (Å²) in [6.07, 6.45) is 3.83. The van der Waals surface area contributed by atoms with Gasteiger partial charge in [-0.25, -0.2) is 4.98 Å². The van der Waals surface area contributed by atoms with Crippen molar-refractivity contribution in [1.82, 2.24) is 9.55 Å². The summed E-state index contributed by atoms with van der Waals surface area (Å²) >= 11 is 0. The van der Waals surface area contributed by atoms with Crippen LogP contribution in [0.3, 0.4) is 0 Å². The van der Waals surface area contributed by atoms with E-state index in [1.807, 2.05) is 54.9 Å². The maximum absolute atomic E-state index is 5.91. The summed E-state index contributed by atoms with van der Waals surface area (Å²) in [5.41, 5.74) is 3.99. The highest BCUT2D eigenvalue weighted by atomic mass is 16.3. The van der Waals surface area contributed by atoms with Crippen LogP contribution in [0.15, 0.2) is 89.6 Å². The average Bonchev–Trinajstić information content (AvgIpc) is 3.26. The van der Waals surface area contributed by atoms with E-state index in [0.29, 0.717) is 0 Å². The van der Waals surface area contributed by atoms with Crippen molar-refractivity contribution < 1.29 is 4.42 Å². The van der Waals surface area contributed by atoms with Gasteiger partial charge in [0.05, 0.1) is 0 Å². The Labute approximate surface area is 138 Å². The average molecular weight is 310 g/mol. The van der Waals surface area contributed by atoms with Gasteiger partial charge in [-0.3, -0.25) is 4.57 Å². The number of para-hydroxylation sites is 1. The second-order valence-electron chi connectivity index (χ2n) is 5.77. The lowest BCUT2D eigenvalue weighted by Crippen LogP contribution is -1.95. The number of hydrogen-bond acceptors (Lipinski definition) is 2. The number of aromatic nitrogens is 2. The Morgan fingerprint density at radius 1 is 0.750 bits per heavy atom. The smallest absolute Gasteiger partial charge is 0.144 e. The highest BCUT2D eigenvalue weighted by Crippen LogP contribution is 2.31. The quantitative estimate of drug-likeness (QED) is 0.435. The molecule has 0 unspecified atom stereocenters. The first-order chi connectivity index (χ1) is 11.9. The maximum Gasteiger partial charge on any atom is 0.144 e. The lowest BCUT2D eigenvalue weighted by molar-refractivity contribution is 0.669. The van der Waals surface area contributed by atoms with E-state index in [1.54, 1.807) is 0 Å². The zero-order valence-corrected chi connectivity index (χ0v) is 12.9. The number of nitrogens with zero attached hydrogens (tertiary/aromatic N) is 2. The van der Waals surface area contributed by atoms with Gasteiger partial charge >= 0.3 is 0 Å². The third-order valence-corrected chi connectivity index (χ3v) is 4.31. The topological polar surface area (TPSA) is 31.0 Å². The number of benzene rings is 3. The van der Waals surface area contributed by atoms with Gasteiger partial charge in [-0.05, 0) is 24.3 Å². The Morgan fingerprint density at radius 3 is 2.46 bits per heavy atom. The fraction of sp³-hybridized carbons (Fsp3) is 0. The van der Waals surface area contributed by atoms with Crippen LogP contribution in [0.4, 0.5) is 0 Å². The molecule has 114 valence electrons. The van der Waals surface area contributed by atoms with Crippen molar-refractivity contribution in [2.75, 3.05) is 0 Å². The predicted molar refractivity (Wildman–Crippen MR) is 96.3 cm³/mol. The first-order valence-electron chi connectivity index (χ1n) is 7.90. The Balaban J connectivity index is 1.73. The van der Waals surface area contributed by atoms with E-state index in [9.17, 15) is 0 Å². The summed E-state index contributed by atoms with van der Waals surface area (Å²) in [7, 11) is 0. The lowest BCUT2D eigenvalue weighted by Gasteiger charge is -2.08. The zero-order chi connectivity index (χ0) is 15.9. The molecule has 0 atom stereocenters. The van der Waals surface area contributed by atoms with Gasteiger partial charge in [-0.1, -0.05) is 48.5 Å². The molecule has 0 radical (unpaired) electrons. The minimum absolute atomic E-state index is 0.904. The summed E-state index contributed by atoms with van der Waals surface area (Å²) in [4.78, 5) is 4.53. The predicted octanol–water partition coefficient (Wildman–Crippen LogP) is 5.44. The summed E-state index contributed by atoms with van der Waals surface area (Å²) in [5.74, 6) is 0.933. The molecule has 0 aliphatic heterocycles. The highest BCUT2D eigenvalue weighted by Gasteiger charge is 2.11. The molecule has 24 heavy (non-hydrogen) atoms. The van der Waals surface area contributed by atoms with Crippen LogP contribution in [0.5, 0.6) is 0 Å². The van der Waals surface area contributed by atoms with Crippen molar-refractivity contribution in [3.8, 4) is 17.1 Å². The van der Waals surface area contributed by atoms with E-state index >= 15 is 0 Å². The van der Waals surface area contributed by atoms with Crippen molar-refractivity contribution in [1.29, 1.82) is 0 Å². The number of imidazole rings is 1. The number of fused-ring (bicyclic) bond motifs is 3. The van der Waals surface area contributed by atoms with Crippen LogP contribution < -0.4 is 0 Å². The van der Waals surface area contributed by atoms with Crippen molar-refractivity contribution in [2.45, 2.75) is 0 Å². The van der Waals surface area contributed by atoms with Crippen LogP contribution in [0.1, 0.15) is 0 Å². The molecule has 5 aromatic rings. The minimum Gasteiger partial charge on any atom is -0.456 e. The van der Waals surface area contributed by atoms with Crippen LogP contribution >= 0.6 is 0 Å². The fourth-order valence-corrected chi connectivity index (χ4v) is 3.18. The Hall–Kier alpha value is -3.33. The van der Waals surface area contributed by atoms with Crippen LogP contribution in [-0.2, 0) is 0 Å². The van der Waals surface area contributed by atoms with E-state index in [2.05, 4.69) is 39.9 Å². The monoisotopic (exact) mass is 310 g/mol. The molecule has 3 nitrogen and oxygen atoms in total. The molecule has 0 aliphatic carbocycles. The van der Waals surface area contributed by atoms with Crippen LogP contribution in [0, 0.1) is 0 Å². The molecule has 0 amide bonds. The second kappa shape index (κ2) is 5.10. The van der Waals surface area contributed by atoms with Crippen molar-refractivity contribution in [3.05, 3.63) is 85.2 Å². The van der Waals surface area contributed by atoms with Gasteiger partial charge in [0.1, 0.15) is 17.0 Å². The number of hydrogen-bond donors (Lipinski definition) is 0. The van der Waals surface area contributed by atoms with Crippen molar-refractivity contribution in [2.24, 2.45) is 0 Å². The van der Waals surface area contributed by atoms with Gasteiger partial charge in [0.15, 0.2) is 0 Å². The lowest BCUT2D eigenvalue weighted by atomic mass is 10.1. The summed E-state index contributed by atoms with van der Waals surface area (Å²) in [6.45, 7) is 0. The SMILES string of the molecule is c1ccc(-c2nccn2-c2ccc3oc4ccccc4c3c2)cc1. The molecule has 0 spiro atoms. The first-order valence-corrected chi connectivity index (χ1v) is 7.90. The zero-order valence-electron chi connectivity index (χ0n) is 12.9. The molecular formula is C21H14N2O. The molecule has 0 bridgehead atoms. The number of rotatable bonds is 2. The van der Waals surface area contributed by atoms with E-state index in [4.69, 9.17) is 4.42 Å². The third kappa shape index (κ3) is 1.95. The molecule has 2 aromatic heterocycles. The molecule has 3 aromatic carbocycles. The standard InChI is InChI=1S/C21H14N2O/c1-2-6-15(7-3-1)21-22-12-13-23(21)16-10-11-20-18(14-16)17-8-4-5-9-19(17)24-20/h1-14H. The maximum atomic E-state index is 5.91. The fourth-order valence-electron chi connectivity index (χ4n) is 3.18. The summed E-state index contributed by atoms with van der Waals surface area (Å²) in [6, 6.07) is 24.6. The Bertz CT molecular complexity index is 1150. The third-order valence-electron chi connectivity index (χ3n) is 4.31. The van der Waals surface area contributed by atoms with Crippen LogP contribution in [-0.4, -0.2) is 9.55 Å². The largest absolute Gasteiger partial charge is 0.456 e. The van der Waals surface area contributed by atoms with E-state index < -0.39 is 0 Å². The Kier molecular flexibility index (Phi) is 2.79. The van der Waals surface area contributed by atoms with Crippen LogP contribution in [0.25, 0.3) is 39.0 Å². The van der Waals surface area contributed by atoms with Gasteiger partial charge < -0.3 is 4.42 Å². The van der Waals surface area contributed by atoms with Gasteiger partial charge in [0.2, 0.25) is 0 Å². The minimum atomic E-state index is 0.904. The molecule has 0 saturated heterocycles. The molecule has 5 rings (SSSR count). The highest BCUT2D eigenvalue weighted by molar-refractivity contribution is 6.05. The van der Waals surface area contributed by atoms with Gasteiger partial charge in [0, 0.05) is 34.4 Å². The molecule has 0 aliphatic rings. The molecule has 0 fully saturated rings. The van der Waals surface area contributed by atoms with Gasteiger partial charge in [-0.15, -0.1) is 0 Å². The number of furan rings is 1. The van der Waals surface area contributed by atoms with E-state index in [-0.39, 0.29) is 0 Å². The molecule has 2 heterocycles. The molecule has 0 N–H and O–H groups in total. The van der Waals surface area contributed by atoms with Crippen LogP contribution in [0.2, 0.25) is 0 Å². The van der Waals surface area contributed by atoms with Crippen molar-refractivity contribution in [3.63, 3.8) is 0 Å². The Morgan fingerprint density at radius 2 is 1.54 bits per heavy atom. The van der Waals surface area contributed by atoms with E-state index in [0.717, 1.165) is 39.0 Å². The molecular weight excluding hydrogens is 296 g/mol. The first kappa shape index (κ1) is 13.1.